The first kappa shape index (κ1) is 10.5. The summed E-state index contributed by atoms with van der Waals surface area (Å²) >= 11 is 6.06. The van der Waals surface area contributed by atoms with E-state index in [2.05, 4.69) is 4.99 Å². The second kappa shape index (κ2) is 4.05. The van der Waals surface area contributed by atoms with Crippen LogP contribution in [-0.2, 0) is 4.79 Å². The highest BCUT2D eigenvalue weighted by Crippen LogP contribution is 2.38. The van der Waals surface area contributed by atoms with Gasteiger partial charge < -0.3 is 0 Å². The Labute approximate surface area is 83.7 Å². The second-order valence-corrected chi connectivity index (χ2v) is 3.78. The molecule has 3 heteroatoms. The van der Waals surface area contributed by atoms with Crippen LogP contribution in [0.2, 0.25) is 0 Å². The van der Waals surface area contributed by atoms with Crippen LogP contribution in [0.4, 0.5) is 0 Å². The van der Waals surface area contributed by atoms with Crippen molar-refractivity contribution in [1.29, 1.82) is 0 Å². The molecule has 0 radical (unpaired) electrons. The Morgan fingerprint density at radius 3 is 2.23 bits per heavy atom. The first-order valence-electron chi connectivity index (χ1n) is 4.42. The van der Waals surface area contributed by atoms with Crippen LogP contribution in [0, 0.1) is 5.92 Å². The van der Waals surface area contributed by atoms with Gasteiger partial charge >= 0.3 is 0 Å². The van der Waals surface area contributed by atoms with Crippen molar-refractivity contribution >= 4 is 23.1 Å². The minimum atomic E-state index is -0.0625. The Kier molecular flexibility index (Phi) is 3.26. The molecule has 0 aromatic rings. The molecule has 0 aliphatic heterocycles. The Morgan fingerprint density at radius 2 is 1.92 bits per heavy atom. The fraction of sp³-hybridized carbons (Fsp3) is 0.600. The number of carbonyl (C=O) groups excluding carboxylic acids is 1. The van der Waals surface area contributed by atoms with Gasteiger partial charge in [0.1, 0.15) is 5.71 Å². The zero-order valence-corrected chi connectivity index (χ0v) is 8.98. The highest BCUT2D eigenvalue weighted by atomic mass is 35.5. The number of hydrogen-bond acceptors (Lipinski definition) is 2. The molecule has 0 heterocycles. The largest absolute Gasteiger partial charge is 0.293 e. The first-order chi connectivity index (χ1) is 6.07. The SMILES string of the molecule is CN=C(C(C)=O)/C(Cl)=C(\C)C1CC1. The number of aliphatic imine (C=N–C) groups is 1. The molecule has 0 bridgehead atoms. The summed E-state index contributed by atoms with van der Waals surface area (Å²) in [4.78, 5) is 15.0. The molecule has 0 saturated heterocycles. The number of nitrogens with zero attached hydrogens (tertiary/aromatic N) is 1. The van der Waals surface area contributed by atoms with E-state index >= 15 is 0 Å². The number of carbonyl (C=O) groups is 1. The lowest BCUT2D eigenvalue weighted by molar-refractivity contribution is -0.111. The smallest absolute Gasteiger partial charge is 0.179 e. The van der Waals surface area contributed by atoms with Crippen LogP contribution < -0.4 is 0 Å². The van der Waals surface area contributed by atoms with Gasteiger partial charge in [-0.3, -0.25) is 9.79 Å². The third kappa shape index (κ3) is 2.41. The normalized spacial score (nSPS) is 19.8. The number of halogens is 1. The maximum Gasteiger partial charge on any atom is 0.179 e. The average Bonchev–Trinajstić information content (AvgIpc) is 2.85. The van der Waals surface area contributed by atoms with Gasteiger partial charge in [0.05, 0.1) is 5.03 Å². The summed E-state index contributed by atoms with van der Waals surface area (Å²) in [6.45, 7) is 3.47. The Hall–Kier alpha value is -0.630. The molecule has 72 valence electrons. The summed E-state index contributed by atoms with van der Waals surface area (Å²) in [5.74, 6) is 0.524. The van der Waals surface area contributed by atoms with E-state index in [1.54, 1.807) is 7.05 Å². The summed E-state index contributed by atoms with van der Waals surface area (Å²) in [6, 6.07) is 0. The fourth-order valence-corrected chi connectivity index (χ4v) is 1.66. The van der Waals surface area contributed by atoms with Crippen LogP contribution in [0.15, 0.2) is 15.6 Å². The van der Waals surface area contributed by atoms with E-state index < -0.39 is 0 Å². The number of hydrogen-bond donors (Lipinski definition) is 0. The van der Waals surface area contributed by atoms with Crippen molar-refractivity contribution in [2.75, 3.05) is 7.05 Å². The molecule has 0 amide bonds. The van der Waals surface area contributed by atoms with E-state index in [-0.39, 0.29) is 5.78 Å². The van der Waals surface area contributed by atoms with Crippen molar-refractivity contribution in [2.45, 2.75) is 26.7 Å². The molecule has 13 heavy (non-hydrogen) atoms. The molecule has 0 N–H and O–H groups in total. The minimum Gasteiger partial charge on any atom is -0.293 e. The van der Waals surface area contributed by atoms with Crippen molar-refractivity contribution in [3.8, 4) is 0 Å². The lowest BCUT2D eigenvalue weighted by Crippen LogP contribution is -2.11. The Bertz CT molecular complexity index is 287. The molecule has 0 spiro atoms. The maximum atomic E-state index is 11.1. The highest BCUT2D eigenvalue weighted by Gasteiger charge is 2.27. The predicted molar refractivity (Wildman–Crippen MR) is 55.3 cm³/mol. The van der Waals surface area contributed by atoms with Gasteiger partial charge in [0, 0.05) is 14.0 Å². The van der Waals surface area contributed by atoms with Gasteiger partial charge in [0.2, 0.25) is 0 Å². The number of Topliss-reactive ketones (excluding diaryl/α,β-unsaturated/α-hetero) is 1. The molecule has 2 nitrogen and oxygen atoms in total. The van der Waals surface area contributed by atoms with Crippen LogP contribution in [0.25, 0.3) is 0 Å². The van der Waals surface area contributed by atoms with Crippen molar-refractivity contribution in [3.05, 3.63) is 10.6 Å². The quantitative estimate of drug-likeness (QED) is 0.643. The second-order valence-electron chi connectivity index (χ2n) is 3.40. The standard InChI is InChI=1S/C10H14ClNO/c1-6(8-4-5-8)9(11)10(12-3)7(2)13/h8H,4-5H2,1-3H3/b9-6-,12-10?. The van der Waals surface area contributed by atoms with Crippen molar-refractivity contribution < 1.29 is 4.79 Å². The van der Waals surface area contributed by atoms with Crippen molar-refractivity contribution in [2.24, 2.45) is 10.9 Å². The van der Waals surface area contributed by atoms with Gasteiger partial charge in [-0.2, -0.15) is 0 Å². The van der Waals surface area contributed by atoms with Crippen LogP contribution in [0.1, 0.15) is 26.7 Å². The molecule has 1 aliphatic rings. The summed E-state index contributed by atoms with van der Waals surface area (Å²) in [7, 11) is 1.60. The number of ketones is 1. The van der Waals surface area contributed by atoms with Crippen LogP contribution >= 0.6 is 11.6 Å². The van der Waals surface area contributed by atoms with E-state index in [4.69, 9.17) is 11.6 Å². The minimum absolute atomic E-state index is 0.0625. The molecule has 0 unspecified atom stereocenters. The molecule has 0 atom stereocenters. The molecular weight excluding hydrogens is 186 g/mol. The van der Waals surface area contributed by atoms with Gasteiger partial charge in [0.25, 0.3) is 0 Å². The zero-order valence-electron chi connectivity index (χ0n) is 8.22. The van der Waals surface area contributed by atoms with Gasteiger partial charge in [-0.05, 0) is 31.3 Å². The number of allylic oxidation sites excluding steroid dienone is 2. The van der Waals surface area contributed by atoms with E-state index in [0.29, 0.717) is 16.7 Å². The third-order valence-corrected chi connectivity index (χ3v) is 2.78. The lowest BCUT2D eigenvalue weighted by atomic mass is 10.1. The fourth-order valence-electron chi connectivity index (χ4n) is 1.29. The van der Waals surface area contributed by atoms with E-state index in [0.717, 1.165) is 5.57 Å². The zero-order chi connectivity index (χ0) is 10.0. The number of rotatable bonds is 3. The summed E-state index contributed by atoms with van der Waals surface area (Å²) in [5, 5.41) is 0.553. The molecule has 0 aromatic carbocycles. The van der Waals surface area contributed by atoms with Crippen LogP contribution in [-0.4, -0.2) is 18.5 Å². The van der Waals surface area contributed by atoms with Crippen LogP contribution in [0.3, 0.4) is 0 Å². The monoisotopic (exact) mass is 199 g/mol. The van der Waals surface area contributed by atoms with Crippen molar-refractivity contribution in [3.63, 3.8) is 0 Å². The van der Waals surface area contributed by atoms with Gasteiger partial charge in [0.15, 0.2) is 5.78 Å². The lowest BCUT2D eigenvalue weighted by Gasteiger charge is -2.04. The average molecular weight is 200 g/mol. The van der Waals surface area contributed by atoms with E-state index in [9.17, 15) is 4.79 Å². The molecule has 1 saturated carbocycles. The summed E-state index contributed by atoms with van der Waals surface area (Å²) < 4.78 is 0. The topological polar surface area (TPSA) is 29.4 Å². The Balaban J connectivity index is 2.91. The molecular formula is C10H14ClNO. The maximum absolute atomic E-state index is 11.1. The molecule has 1 fully saturated rings. The molecule has 1 rings (SSSR count). The van der Waals surface area contributed by atoms with Gasteiger partial charge in [-0.25, -0.2) is 0 Å². The third-order valence-electron chi connectivity index (χ3n) is 2.30. The van der Waals surface area contributed by atoms with Gasteiger partial charge in [-0.15, -0.1) is 0 Å². The highest BCUT2D eigenvalue weighted by molar-refractivity contribution is 6.59. The summed E-state index contributed by atoms with van der Waals surface area (Å²) in [5.41, 5.74) is 1.52. The first-order valence-corrected chi connectivity index (χ1v) is 4.80. The van der Waals surface area contributed by atoms with Gasteiger partial charge in [-0.1, -0.05) is 11.6 Å². The summed E-state index contributed by atoms with van der Waals surface area (Å²) in [6.07, 6.45) is 2.38. The van der Waals surface area contributed by atoms with E-state index in [1.807, 2.05) is 6.92 Å². The van der Waals surface area contributed by atoms with Crippen molar-refractivity contribution in [1.82, 2.24) is 0 Å². The predicted octanol–water partition coefficient (Wildman–Crippen LogP) is 2.57. The Morgan fingerprint density at radius 1 is 1.38 bits per heavy atom. The molecule has 1 aliphatic carbocycles. The molecule has 0 aromatic heterocycles. The van der Waals surface area contributed by atoms with E-state index in [1.165, 1.54) is 19.8 Å². The van der Waals surface area contributed by atoms with Crippen LogP contribution in [0.5, 0.6) is 0 Å².